The number of benzene rings is 1. The molecule has 0 atom stereocenters. The second kappa shape index (κ2) is 13.1. The molecule has 7 nitrogen and oxygen atoms in total. The molecule has 0 saturated heterocycles. The van der Waals surface area contributed by atoms with E-state index in [1.807, 2.05) is 12.1 Å². The number of nitrogens with zero attached hydrogens (tertiary/aromatic N) is 1. The van der Waals surface area contributed by atoms with Crippen LogP contribution in [-0.4, -0.2) is 54.1 Å². The lowest BCUT2D eigenvalue weighted by Gasteiger charge is -2.14. The Bertz CT molecular complexity index is 525. The fourth-order valence-corrected chi connectivity index (χ4v) is 2.49. The molecular weight excluding hydrogens is 334 g/mol. The highest BCUT2D eigenvalue weighted by Crippen LogP contribution is 2.38. The van der Waals surface area contributed by atoms with Crippen molar-refractivity contribution in [2.24, 2.45) is 4.99 Å². The van der Waals surface area contributed by atoms with E-state index in [-0.39, 0.29) is 0 Å². The van der Waals surface area contributed by atoms with Gasteiger partial charge in [-0.05, 0) is 43.9 Å². The van der Waals surface area contributed by atoms with Gasteiger partial charge in [-0.1, -0.05) is 0 Å². The van der Waals surface area contributed by atoms with Crippen molar-refractivity contribution in [3.05, 3.63) is 17.7 Å². The van der Waals surface area contributed by atoms with Crippen LogP contribution in [0, 0.1) is 0 Å². The first-order valence-electron chi connectivity index (χ1n) is 9.00. The molecule has 0 aromatic heterocycles. The topological polar surface area (TPSA) is 73.3 Å². The molecule has 0 heterocycles. The van der Waals surface area contributed by atoms with Crippen LogP contribution in [0.1, 0.15) is 31.7 Å². The molecule has 0 aliphatic heterocycles. The standard InChI is InChI=1S/C19H33N3O4/c1-6-20-19(21-10-8-7-9-11-23-2)22-14-15-12-16(24-3)18(26-5)17(13-15)25-4/h12-13H,6-11,14H2,1-5H3,(H2,20,21,22). The summed E-state index contributed by atoms with van der Waals surface area (Å²) in [5.74, 6) is 2.65. The summed E-state index contributed by atoms with van der Waals surface area (Å²) >= 11 is 0. The number of rotatable bonds is 12. The second-order valence-corrected chi connectivity index (χ2v) is 5.71. The summed E-state index contributed by atoms with van der Waals surface area (Å²) in [6.07, 6.45) is 3.29. The molecule has 7 heteroatoms. The van der Waals surface area contributed by atoms with E-state index in [9.17, 15) is 0 Å². The number of guanidine groups is 1. The predicted octanol–water partition coefficient (Wildman–Crippen LogP) is 2.58. The Kier molecular flexibility index (Phi) is 11.0. The van der Waals surface area contributed by atoms with Crippen molar-refractivity contribution in [3.8, 4) is 17.2 Å². The SMILES string of the molecule is CCNC(=NCc1cc(OC)c(OC)c(OC)c1)NCCCCCOC. The molecule has 148 valence electrons. The first-order chi connectivity index (χ1) is 12.7. The van der Waals surface area contributed by atoms with Gasteiger partial charge in [-0.2, -0.15) is 0 Å². The van der Waals surface area contributed by atoms with Gasteiger partial charge in [0.05, 0.1) is 27.9 Å². The largest absolute Gasteiger partial charge is 0.493 e. The minimum Gasteiger partial charge on any atom is -0.493 e. The maximum absolute atomic E-state index is 5.39. The zero-order valence-electron chi connectivity index (χ0n) is 16.7. The monoisotopic (exact) mass is 367 g/mol. The fraction of sp³-hybridized carbons (Fsp3) is 0.632. The maximum atomic E-state index is 5.39. The van der Waals surface area contributed by atoms with Gasteiger partial charge < -0.3 is 29.6 Å². The molecule has 0 saturated carbocycles. The van der Waals surface area contributed by atoms with Crippen molar-refractivity contribution in [3.63, 3.8) is 0 Å². The van der Waals surface area contributed by atoms with E-state index in [0.29, 0.717) is 23.8 Å². The predicted molar refractivity (Wildman–Crippen MR) is 105 cm³/mol. The molecule has 0 spiro atoms. The summed E-state index contributed by atoms with van der Waals surface area (Å²) in [7, 11) is 6.55. The molecule has 0 radical (unpaired) electrons. The summed E-state index contributed by atoms with van der Waals surface area (Å²) in [6, 6.07) is 3.83. The van der Waals surface area contributed by atoms with Gasteiger partial charge in [0.1, 0.15) is 0 Å². The smallest absolute Gasteiger partial charge is 0.203 e. The van der Waals surface area contributed by atoms with E-state index < -0.39 is 0 Å². The Morgan fingerprint density at radius 1 is 0.923 bits per heavy atom. The maximum Gasteiger partial charge on any atom is 0.203 e. The third kappa shape index (κ3) is 7.39. The molecule has 26 heavy (non-hydrogen) atoms. The van der Waals surface area contributed by atoms with Crippen LogP contribution in [-0.2, 0) is 11.3 Å². The Labute approximate surface area is 157 Å². The molecule has 1 rings (SSSR count). The fourth-order valence-electron chi connectivity index (χ4n) is 2.49. The van der Waals surface area contributed by atoms with Crippen LogP contribution in [0.4, 0.5) is 0 Å². The van der Waals surface area contributed by atoms with Gasteiger partial charge in [0.15, 0.2) is 17.5 Å². The zero-order valence-corrected chi connectivity index (χ0v) is 16.7. The third-order valence-corrected chi connectivity index (χ3v) is 3.81. The highest BCUT2D eigenvalue weighted by molar-refractivity contribution is 5.79. The van der Waals surface area contributed by atoms with Gasteiger partial charge in [0.25, 0.3) is 0 Å². The first kappa shape index (κ1) is 21.9. The molecule has 1 aromatic rings. The van der Waals surface area contributed by atoms with E-state index in [0.717, 1.165) is 50.5 Å². The van der Waals surface area contributed by atoms with Crippen LogP contribution >= 0.6 is 0 Å². The van der Waals surface area contributed by atoms with E-state index >= 15 is 0 Å². The molecule has 0 bridgehead atoms. The molecule has 2 N–H and O–H groups in total. The summed E-state index contributed by atoms with van der Waals surface area (Å²) in [6.45, 7) is 5.07. The number of nitrogens with one attached hydrogen (secondary N) is 2. The number of hydrogen-bond acceptors (Lipinski definition) is 5. The van der Waals surface area contributed by atoms with E-state index in [1.54, 1.807) is 28.4 Å². The minimum atomic E-state index is 0.510. The van der Waals surface area contributed by atoms with E-state index in [4.69, 9.17) is 18.9 Å². The van der Waals surface area contributed by atoms with Crippen LogP contribution in [0.15, 0.2) is 17.1 Å². The minimum absolute atomic E-state index is 0.510. The molecule has 0 unspecified atom stereocenters. The van der Waals surface area contributed by atoms with Crippen molar-refractivity contribution in [1.82, 2.24) is 10.6 Å². The Morgan fingerprint density at radius 3 is 2.15 bits per heavy atom. The molecule has 0 aliphatic rings. The highest BCUT2D eigenvalue weighted by Gasteiger charge is 2.13. The quantitative estimate of drug-likeness (QED) is 0.336. The first-order valence-corrected chi connectivity index (χ1v) is 9.00. The van der Waals surface area contributed by atoms with Gasteiger partial charge in [-0.15, -0.1) is 0 Å². The van der Waals surface area contributed by atoms with Crippen molar-refractivity contribution >= 4 is 5.96 Å². The normalized spacial score (nSPS) is 11.2. The van der Waals surface area contributed by atoms with Crippen molar-refractivity contribution in [2.45, 2.75) is 32.7 Å². The molecule has 1 aromatic carbocycles. The Balaban J connectivity index is 2.70. The van der Waals surface area contributed by atoms with Gasteiger partial charge in [-0.25, -0.2) is 4.99 Å². The Hall–Kier alpha value is -2.15. The average molecular weight is 367 g/mol. The number of ether oxygens (including phenoxy) is 4. The van der Waals surface area contributed by atoms with Crippen molar-refractivity contribution in [1.29, 1.82) is 0 Å². The molecule has 0 fully saturated rings. The van der Waals surface area contributed by atoms with E-state index in [2.05, 4.69) is 22.5 Å². The van der Waals surface area contributed by atoms with Crippen molar-refractivity contribution in [2.75, 3.05) is 48.1 Å². The lowest BCUT2D eigenvalue weighted by atomic mass is 10.2. The summed E-state index contributed by atoms with van der Waals surface area (Å²) in [4.78, 5) is 4.64. The van der Waals surface area contributed by atoms with Crippen LogP contribution in [0.3, 0.4) is 0 Å². The van der Waals surface area contributed by atoms with E-state index in [1.165, 1.54) is 0 Å². The molecular formula is C19H33N3O4. The van der Waals surface area contributed by atoms with Gasteiger partial charge in [0, 0.05) is 26.8 Å². The third-order valence-electron chi connectivity index (χ3n) is 3.81. The second-order valence-electron chi connectivity index (χ2n) is 5.71. The lowest BCUT2D eigenvalue weighted by molar-refractivity contribution is 0.192. The van der Waals surface area contributed by atoms with Crippen LogP contribution in [0.25, 0.3) is 0 Å². The number of aliphatic imine (C=N–C) groups is 1. The molecule has 0 amide bonds. The van der Waals surface area contributed by atoms with Crippen LogP contribution in [0.2, 0.25) is 0 Å². The van der Waals surface area contributed by atoms with Gasteiger partial charge in [0.2, 0.25) is 5.75 Å². The van der Waals surface area contributed by atoms with Crippen molar-refractivity contribution < 1.29 is 18.9 Å². The lowest BCUT2D eigenvalue weighted by Crippen LogP contribution is -2.37. The summed E-state index contributed by atoms with van der Waals surface area (Å²) in [5.41, 5.74) is 0.983. The van der Waals surface area contributed by atoms with Gasteiger partial charge in [-0.3, -0.25) is 0 Å². The zero-order chi connectivity index (χ0) is 19.2. The van der Waals surface area contributed by atoms with Crippen LogP contribution in [0.5, 0.6) is 17.2 Å². The Morgan fingerprint density at radius 2 is 1.62 bits per heavy atom. The highest BCUT2D eigenvalue weighted by atomic mass is 16.5. The van der Waals surface area contributed by atoms with Gasteiger partial charge >= 0.3 is 0 Å². The number of methoxy groups -OCH3 is 4. The number of hydrogen-bond donors (Lipinski definition) is 2. The average Bonchev–Trinajstić information content (AvgIpc) is 2.67. The van der Waals surface area contributed by atoms with Crippen LogP contribution < -0.4 is 24.8 Å². The summed E-state index contributed by atoms with van der Waals surface area (Å²) < 4.78 is 21.2. The number of unbranched alkanes of at least 4 members (excludes halogenated alkanes) is 2. The molecule has 0 aliphatic carbocycles. The summed E-state index contributed by atoms with van der Waals surface area (Å²) in [5, 5.41) is 6.62.